The number of ether oxygens (including phenoxy) is 1. The third-order valence-electron chi connectivity index (χ3n) is 10.4. The van der Waals surface area contributed by atoms with Crippen molar-refractivity contribution in [3.63, 3.8) is 0 Å². The van der Waals surface area contributed by atoms with Crippen LogP contribution in [0.1, 0.15) is 65.7 Å². The van der Waals surface area contributed by atoms with E-state index in [1.165, 1.54) is 0 Å². The van der Waals surface area contributed by atoms with Gasteiger partial charge in [-0.3, -0.25) is 4.79 Å². The Morgan fingerprint density at radius 2 is 1.87 bits per heavy atom. The predicted octanol–water partition coefficient (Wildman–Crippen LogP) is -0.382. The Morgan fingerprint density at radius 1 is 1.10 bits per heavy atom. The normalized spacial score (nSPS) is 42.4. The van der Waals surface area contributed by atoms with Gasteiger partial charge in [-0.2, -0.15) is 0 Å². The number of aliphatic hydroxyl groups is 1. The summed E-state index contributed by atoms with van der Waals surface area (Å²) in [7, 11) is 0. The lowest BCUT2D eigenvalue weighted by atomic mass is 9.65. The highest BCUT2D eigenvalue weighted by atomic mass is 16.5. The van der Waals surface area contributed by atoms with Gasteiger partial charge in [-0.15, -0.1) is 0 Å². The minimum atomic E-state index is -0.623. The van der Waals surface area contributed by atoms with Crippen LogP contribution >= 0.6 is 0 Å². The number of hydrogen-bond acceptors (Lipinski definition) is 9. The first-order valence-corrected chi connectivity index (χ1v) is 15.5. The number of nitrogens with two attached hydrogens (primary N) is 4. The van der Waals surface area contributed by atoms with Crippen molar-refractivity contribution < 1.29 is 14.6 Å². The van der Waals surface area contributed by atoms with E-state index >= 15 is 0 Å². The fraction of sp³-hybridized carbons (Fsp3) is 0.966. The summed E-state index contributed by atoms with van der Waals surface area (Å²) in [6.45, 7) is 9.97. The number of hydrogen-bond donors (Lipinski definition) is 8. The zero-order valence-electron chi connectivity index (χ0n) is 24.5. The quantitative estimate of drug-likeness (QED) is 0.118. The van der Waals surface area contributed by atoms with E-state index in [0.29, 0.717) is 62.9 Å². The van der Waals surface area contributed by atoms with Crippen LogP contribution in [-0.4, -0.2) is 86.2 Å². The molecule has 10 heteroatoms. The number of carbonyl (C=O) groups excluding carboxylic acids is 1. The van der Waals surface area contributed by atoms with Gasteiger partial charge in [-0.05, 0) is 69.9 Å². The van der Waals surface area contributed by atoms with Gasteiger partial charge in [0.25, 0.3) is 0 Å². The Bertz CT molecular complexity index is 801. The van der Waals surface area contributed by atoms with Gasteiger partial charge in [-0.25, -0.2) is 0 Å². The Morgan fingerprint density at radius 3 is 2.59 bits per heavy atom. The Hall–Kier alpha value is -0.850. The van der Waals surface area contributed by atoms with Crippen LogP contribution in [0.25, 0.3) is 0 Å². The average molecular weight is 552 g/mol. The molecule has 1 amide bonds. The maximum atomic E-state index is 13.0. The van der Waals surface area contributed by atoms with E-state index in [9.17, 15) is 9.90 Å². The van der Waals surface area contributed by atoms with Gasteiger partial charge in [0.05, 0.1) is 18.8 Å². The molecule has 12 unspecified atom stereocenters. The van der Waals surface area contributed by atoms with Crippen molar-refractivity contribution >= 4 is 5.91 Å². The van der Waals surface area contributed by atoms with E-state index in [2.05, 4.69) is 29.8 Å². The number of amides is 1. The molecule has 2 aliphatic carbocycles. The molecular formula is C29H57N7O3. The largest absolute Gasteiger partial charge is 0.392 e. The smallest absolute Gasteiger partial charge is 0.223 e. The summed E-state index contributed by atoms with van der Waals surface area (Å²) in [6.07, 6.45) is 5.37. The van der Waals surface area contributed by atoms with Crippen LogP contribution in [0.4, 0.5) is 0 Å². The van der Waals surface area contributed by atoms with Gasteiger partial charge in [-0.1, -0.05) is 20.8 Å². The average Bonchev–Trinajstić information content (AvgIpc) is 3.70. The number of aliphatic hydroxyl groups excluding tert-OH is 1. The highest BCUT2D eigenvalue weighted by Gasteiger charge is 2.57. The highest BCUT2D eigenvalue weighted by Crippen LogP contribution is 2.44. The maximum Gasteiger partial charge on any atom is 0.223 e. The summed E-state index contributed by atoms with van der Waals surface area (Å²) >= 11 is 0. The molecule has 4 aliphatic rings. The minimum absolute atomic E-state index is 0.0106. The van der Waals surface area contributed by atoms with Crippen LogP contribution in [0.5, 0.6) is 0 Å². The highest BCUT2D eigenvalue weighted by molar-refractivity contribution is 5.78. The van der Waals surface area contributed by atoms with Crippen LogP contribution in [0.3, 0.4) is 0 Å². The molecule has 2 saturated carbocycles. The van der Waals surface area contributed by atoms with E-state index in [1.807, 2.05) is 6.92 Å². The fourth-order valence-electron chi connectivity index (χ4n) is 7.72. The van der Waals surface area contributed by atoms with E-state index in [0.717, 1.165) is 38.8 Å². The van der Waals surface area contributed by atoms with Crippen molar-refractivity contribution in [1.82, 2.24) is 16.0 Å². The molecule has 10 nitrogen and oxygen atoms in total. The lowest BCUT2D eigenvalue weighted by molar-refractivity contribution is -0.128. The number of rotatable bonds is 12. The number of carbonyl (C=O) groups is 1. The summed E-state index contributed by atoms with van der Waals surface area (Å²) < 4.78 is 6.36. The molecule has 39 heavy (non-hydrogen) atoms. The van der Waals surface area contributed by atoms with E-state index in [1.54, 1.807) is 0 Å². The Balaban J connectivity index is 1.46. The summed E-state index contributed by atoms with van der Waals surface area (Å²) in [5, 5.41) is 22.3. The van der Waals surface area contributed by atoms with Gasteiger partial charge in [0.2, 0.25) is 5.91 Å². The summed E-state index contributed by atoms with van der Waals surface area (Å²) in [6, 6.07) is 0.479. The summed E-state index contributed by atoms with van der Waals surface area (Å²) in [5.74, 6) is 0.532. The SMILES string of the molecule is CC(CCN)C(=O)NC1CC(N)C(CC2CC(CNCCN)CCC2N)C(O)C1CC1OCC(C)(C)C2NC12. The second kappa shape index (κ2) is 13.4. The van der Waals surface area contributed by atoms with Crippen molar-refractivity contribution in [2.75, 3.05) is 32.8 Å². The number of nitrogens with one attached hydrogen (secondary N) is 3. The molecule has 0 bridgehead atoms. The lowest BCUT2D eigenvalue weighted by Crippen LogP contribution is -2.60. The Labute approximate surface area is 235 Å². The molecule has 2 saturated heterocycles. The molecule has 4 fully saturated rings. The second-order valence-electron chi connectivity index (χ2n) is 13.9. The van der Waals surface area contributed by atoms with Crippen LogP contribution in [0.15, 0.2) is 0 Å². The van der Waals surface area contributed by atoms with Gasteiger partial charge in [0.1, 0.15) is 0 Å². The molecule has 4 rings (SSSR count). The van der Waals surface area contributed by atoms with Crippen molar-refractivity contribution in [2.24, 2.45) is 57.9 Å². The third-order valence-corrected chi connectivity index (χ3v) is 10.4. The second-order valence-corrected chi connectivity index (χ2v) is 13.9. The predicted molar refractivity (Wildman–Crippen MR) is 155 cm³/mol. The Kier molecular flexibility index (Phi) is 10.7. The molecule has 0 aromatic rings. The standard InChI is InChI=1S/C29H57N7O3/c1-16(6-7-30)28(38)35-23-13-22(33)19(11-18-10-17(4-5-21(18)32)14-34-9-8-31)26(37)20(23)12-24-25-27(36-25)29(2,3)15-39-24/h16-27,34,36-37H,4-15,30-33H2,1-3H3,(H,35,38). The molecule has 0 aromatic heterocycles. The first-order chi connectivity index (χ1) is 18.6. The molecule has 12 atom stereocenters. The molecule has 0 spiro atoms. The van der Waals surface area contributed by atoms with Crippen LogP contribution in [0.2, 0.25) is 0 Å². The first kappa shape index (κ1) is 31.1. The lowest BCUT2D eigenvalue weighted by Gasteiger charge is -2.48. The molecular weight excluding hydrogens is 494 g/mol. The van der Waals surface area contributed by atoms with Crippen molar-refractivity contribution in [1.29, 1.82) is 0 Å². The monoisotopic (exact) mass is 551 g/mol. The van der Waals surface area contributed by atoms with E-state index in [4.69, 9.17) is 27.7 Å². The van der Waals surface area contributed by atoms with Crippen molar-refractivity contribution in [3.8, 4) is 0 Å². The summed E-state index contributed by atoms with van der Waals surface area (Å²) in [5.41, 5.74) is 24.9. The minimum Gasteiger partial charge on any atom is -0.392 e. The molecule has 226 valence electrons. The molecule has 0 radical (unpaired) electrons. The van der Waals surface area contributed by atoms with Gasteiger partial charge in [0, 0.05) is 66.5 Å². The van der Waals surface area contributed by atoms with E-state index in [-0.39, 0.29) is 53.3 Å². The molecule has 2 aliphatic heterocycles. The topological polar surface area (TPSA) is 197 Å². The van der Waals surface area contributed by atoms with Gasteiger partial charge < -0.3 is 48.7 Å². The summed E-state index contributed by atoms with van der Waals surface area (Å²) in [4.78, 5) is 13.0. The van der Waals surface area contributed by atoms with Crippen molar-refractivity contribution in [3.05, 3.63) is 0 Å². The molecule has 0 aromatic carbocycles. The zero-order chi connectivity index (χ0) is 28.3. The molecule has 2 heterocycles. The van der Waals surface area contributed by atoms with Gasteiger partial charge in [0.15, 0.2) is 0 Å². The zero-order valence-corrected chi connectivity index (χ0v) is 24.5. The number of fused-ring (bicyclic) bond motifs is 1. The fourth-order valence-corrected chi connectivity index (χ4v) is 7.72. The van der Waals surface area contributed by atoms with E-state index < -0.39 is 6.10 Å². The van der Waals surface area contributed by atoms with Gasteiger partial charge >= 0.3 is 0 Å². The first-order valence-electron chi connectivity index (χ1n) is 15.5. The van der Waals surface area contributed by atoms with Crippen LogP contribution < -0.4 is 38.9 Å². The van der Waals surface area contributed by atoms with Crippen LogP contribution in [-0.2, 0) is 9.53 Å². The third kappa shape index (κ3) is 7.52. The maximum absolute atomic E-state index is 13.0. The van der Waals surface area contributed by atoms with Crippen molar-refractivity contribution in [2.45, 2.75) is 108 Å². The van der Waals surface area contributed by atoms with Crippen LogP contribution in [0, 0.1) is 35.0 Å². The molecule has 12 N–H and O–H groups in total.